The third kappa shape index (κ3) is 3.94. The molecule has 2 fully saturated rings. The first kappa shape index (κ1) is 18.6. The van der Waals surface area contributed by atoms with Crippen molar-refractivity contribution in [2.24, 2.45) is 7.05 Å². The second-order valence-electron chi connectivity index (χ2n) is 8.15. The summed E-state index contributed by atoms with van der Waals surface area (Å²) in [7, 11) is 4.14. The number of benzene rings is 1. The van der Waals surface area contributed by atoms with Crippen molar-refractivity contribution in [2.45, 2.75) is 24.6 Å². The molecule has 27 heavy (non-hydrogen) atoms. The first-order valence-corrected chi connectivity index (χ1v) is 9.95. The number of rotatable bonds is 4. The first-order valence-electron chi connectivity index (χ1n) is 9.95. The van der Waals surface area contributed by atoms with Crippen molar-refractivity contribution < 1.29 is 5.11 Å². The van der Waals surface area contributed by atoms with E-state index in [-0.39, 0.29) is 6.04 Å². The van der Waals surface area contributed by atoms with Crippen LogP contribution in [0.4, 0.5) is 0 Å². The fraction of sp³-hybridized carbons (Fsp3) is 0.571. The second-order valence-corrected chi connectivity index (χ2v) is 8.15. The molecule has 2 atom stereocenters. The predicted octanol–water partition coefficient (Wildman–Crippen LogP) is 1.13. The molecule has 4 rings (SSSR count). The average Bonchev–Trinajstić information content (AvgIpc) is 3.10. The molecule has 0 amide bonds. The van der Waals surface area contributed by atoms with Gasteiger partial charge in [-0.15, -0.1) is 0 Å². The Balaban J connectivity index is 1.56. The summed E-state index contributed by atoms with van der Waals surface area (Å²) in [6.45, 7) is 6.81. The normalized spacial score (nSPS) is 28.5. The number of likely N-dealkylation sites (tertiary alicyclic amines) is 1. The van der Waals surface area contributed by atoms with Crippen LogP contribution >= 0.6 is 0 Å². The molecule has 0 aliphatic carbocycles. The smallest absolute Gasteiger partial charge is 0.108 e. The summed E-state index contributed by atoms with van der Waals surface area (Å²) in [6.07, 6.45) is 4.79. The fourth-order valence-electron chi connectivity index (χ4n) is 4.55. The molecule has 2 aliphatic rings. The van der Waals surface area contributed by atoms with Gasteiger partial charge in [0, 0.05) is 64.6 Å². The van der Waals surface area contributed by atoms with Crippen LogP contribution in [-0.4, -0.2) is 81.9 Å². The highest BCUT2D eigenvalue weighted by Crippen LogP contribution is 2.36. The van der Waals surface area contributed by atoms with Crippen LogP contribution in [0, 0.1) is 0 Å². The fourth-order valence-corrected chi connectivity index (χ4v) is 4.55. The molecule has 2 saturated heterocycles. The number of likely N-dealkylation sites (N-methyl/N-ethyl adjacent to an activating group) is 1. The summed E-state index contributed by atoms with van der Waals surface area (Å²) < 4.78 is 1.86. The van der Waals surface area contributed by atoms with Crippen LogP contribution in [0.3, 0.4) is 0 Å². The first-order chi connectivity index (χ1) is 13.0. The molecular weight excluding hydrogens is 338 g/mol. The van der Waals surface area contributed by atoms with Crippen molar-refractivity contribution in [1.82, 2.24) is 24.5 Å². The van der Waals surface area contributed by atoms with Crippen LogP contribution in [0.15, 0.2) is 42.7 Å². The van der Waals surface area contributed by atoms with E-state index in [0.717, 1.165) is 57.8 Å². The lowest BCUT2D eigenvalue weighted by molar-refractivity contribution is -0.108. The van der Waals surface area contributed by atoms with Crippen molar-refractivity contribution in [3.8, 4) is 0 Å². The van der Waals surface area contributed by atoms with E-state index in [1.54, 1.807) is 0 Å². The highest BCUT2D eigenvalue weighted by Gasteiger charge is 2.46. The number of hydrogen-bond donors (Lipinski definition) is 1. The van der Waals surface area contributed by atoms with Crippen LogP contribution in [0.1, 0.15) is 17.5 Å². The minimum Gasteiger partial charge on any atom is -0.383 e. The van der Waals surface area contributed by atoms with Gasteiger partial charge in [0.25, 0.3) is 0 Å². The Morgan fingerprint density at radius 3 is 2.48 bits per heavy atom. The summed E-state index contributed by atoms with van der Waals surface area (Å²) in [5.74, 6) is 0. The molecule has 3 heterocycles. The lowest BCUT2D eigenvalue weighted by Crippen LogP contribution is -2.63. The highest BCUT2D eigenvalue weighted by atomic mass is 16.3. The van der Waals surface area contributed by atoms with Gasteiger partial charge in [-0.3, -0.25) is 14.5 Å². The Kier molecular flexibility index (Phi) is 5.32. The number of aromatic nitrogens is 2. The van der Waals surface area contributed by atoms with Crippen LogP contribution in [0.2, 0.25) is 0 Å². The topological polar surface area (TPSA) is 47.8 Å². The SMILES string of the molecule is CN1CCN([C@@H]2CN(Cc3cnn(C)c3)CC[C@]2(O)c2ccccc2)CC1. The third-order valence-electron chi connectivity index (χ3n) is 6.21. The van der Waals surface area contributed by atoms with Crippen molar-refractivity contribution >= 4 is 0 Å². The van der Waals surface area contributed by atoms with Gasteiger partial charge in [0.05, 0.1) is 12.2 Å². The standard InChI is InChI=1S/C21H31N5O/c1-23-10-12-26(13-11-23)20-17-25(16-18-14-22-24(2)15-18)9-8-21(20,27)19-6-4-3-5-7-19/h3-7,14-15,20,27H,8-13,16-17H2,1-2H3/t20-,21+/m1/s1. The monoisotopic (exact) mass is 369 g/mol. The largest absolute Gasteiger partial charge is 0.383 e. The lowest BCUT2D eigenvalue weighted by atomic mass is 9.79. The average molecular weight is 370 g/mol. The summed E-state index contributed by atoms with van der Waals surface area (Å²) in [5, 5.41) is 16.1. The van der Waals surface area contributed by atoms with Gasteiger partial charge in [-0.05, 0) is 19.0 Å². The summed E-state index contributed by atoms with van der Waals surface area (Å²) in [4.78, 5) is 7.34. The van der Waals surface area contributed by atoms with Gasteiger partial charge in [-0.1, -0.05) is 30.3 Å². The Morgan fingerprint density at radius 2 is 1.81 bits per heavy atom. The molecule has 0 unspecified atom stereocenters. The molecule has 1 aromatic carbocycles. The number of piperazine rings is 1. The van der Waals surface area contributed by atoms with Crippen molar-refractivity contribution in [3.05, 3.63) is 53.9 Å². The highest BCUT2D eigenvalue weighted by molar-refractivity contribution is 5.26. The number of piperidine rings is 1. The van der Waals surface area contributed by atoms with Gasteiger partial charge < -0.3 is 10.0 Å². The van der Waals surface area contributed by atoms with Gasteiger partial charge in [0.1, 0.15) is 5.60 Å². The zero-order valence-corrected chi connectivity index (χ0v) is 16.5. The number of aryl methyl sites for hydroxylation is 1. The van der Waals surface area contributed by atoms with E-state index in [1.807, 2.05) is 36.1 Å². The van der Waals surface area contributed by atoms with Gasteiger partial charge in [0.15, 0.2) is 0 Å². The zero-order valence-electron chi connectivity index (χ0n) is 16.5. The molecule has 0 bridgehead atoms. The zero-order chi connectivity index (χ0) is 18.9. The number of hydrogen-bond acceptors (Lipinski definition) is 5. The maximum absolute atomic E-state index is 11.8. The molecular formula is C21H31N5O. The maximum atomic E-state index is 11.8. The van der Waals surface area contributed by atoms with Crippen LogP contribution in [-0.2, 0) is 19.2 Å². The van der Waals surface area contributed by atoms with E-state index in [0.29, 0.717) is 0 Å². The van der Waals surface area contributed by atoms with Gasteiger partial charge in [-0.2, -0.15) is 5.10 Å². The maximum Gasteiger partial charge on any atom is 0.108 e. The van der Waals surface area contributed by atoms with Crippen LogP contribution in [0.5, 0.6) is 0 Å². The van der Waals surface area contributed by atoms with Gasteiger partial charge >= 0.3 is 0 Å². The summed E-state index contributed by atoms with van der Waals surface area (Å²) in [5.41, 5.74) is 1.50. The summed E-state index contributed by atoms with van der Waals surface area (Å²) in [6, 6.07) is 10.4. The van der Waals surface area contributed by atoms with Gasteiger partial charge in [-0.25, -0.2) is 0 Å². The Labute approximate surface area is 162 Å². The molecule has 1 N–H and O–H groups in total. The number of nitrogens with zero attached hydrogens (tertiary/aromatic N) is 5. The molecule has 1 aromatic heterocycles. The molecule has 0 saturated carbocycles. The second kappa shape index (κ2) is 7.72. The Bertz CT molecular complexity index is 740. The van der Waals surface area contributed by atoms with Crippen molar-refractivity contribution in [1.29, 1.82) is 0 Å². The Hall–Kier alpha value is -1.73. The molecule has 0 spiro atoms. The molecule has 6 nitrogen and oxygen atoms in total. The minimum absolute atomic E-state index is 0.110. The number of aliphatic hydroxyl groups is 1. The van der Waals surface area contributed by atoms with Gasteiger partial charge in [0.2, 0.25) is 0 Å². The van der Waals surface area contributed by atoms with Crippen LogP contribution in [0.25, 0.3) is 0 Å². The van der Waals surface area contributed by atoms with E-state index in [9.17, 15) is 5.11 Å². The molecule has 2 aromatic rings. The molecule has 2 aliphatic heterocycles. The summed E-state index contributed by atoms with van der Waals surface area (Å²) >= 11 is 0. The van der Waals surface area contributed by atoms with Crippen LogP contribution < -0.4 is 0 Å². The van der Waals surface area contributed by atoms with E-state index in [1.165, 1.54) is 5.56 Å². The van der Waals surface area contributed by atoms with Crippen molar-refractivity contribution in [3.63, 3.8) is 0 Å². The Morgan fingerprint density at radius 1 is 1.07 bits per heavy atom. The van der Waals surface area contributed by atoms with E-state index >= 15 is 0 Å². The van der Waals surface area contributed by atoms with E-state index in [2.05, 4.69) is 45.2 Å². The molecule has 146 valence electrons. The van der Waals surface area contributed by atoms with E-state index < -0.39 is 5.60 Å². The molecule has 6 heteroatoms. The van der Waals surface area contributed by atoms with E-state index in [4.69, 9.17) is 0 Å². The predicted molar refractivity (Wildman–Crippen MR) is 106 cm³/mol. The van der Waals surface area contributed by atoms with Crippen molar-refractivity contribution in [2.75, 3.05) is 46.3 Å². The minimum atomic E-state index is -0.789. The lowest BCUT2D eigenvalue weighted by Gasteiger charge is -2.51. The third-order valence-corrected chi connectivity index (χ3v) is 6.21. The quantitative estimate of drug-likeness (QED) is 0.876. The molecule has 0 radical (unpaired) electrons.